The lowest BCUT2D eigenvalue weighted by Crippen LogP contribution is -2.23. The topological polar surface area (TPSA) is 0 Å². The quantitative estimate of drug-likeness (QED) is 0.337. The largest absolute Gasteiger partial charge is 0.117 e. The smallest absolute Gasteiger partial charge is 0.0727 e. The van der Waals surface area contributed by atoms with Gasteiger partial charge in [-0.25, -0.2) is 0 Å². The summed E-state index contributed by atoms with van der Waals surface area (Å²) in [5, 5.41) is 7.84. The molecule has 0 atom stereocenters. The van der Waals surface area contributed by atoms with E-state index in [0.717, 1.165) is 18.1 Å². The van der Waals surface area contributed by atoms with Crippen molar-refractivity contribution in [3.05, 3.63) is 96.1 Å². The molecule has 4 heteroatoms. The van der Waals surface area contributed by atoms with Crippen molar-refractivity contribution in [1.29, 1.82) is 0 Å². The van der Waals surface area contributed by atoms with E-state index >= 15 is 0 Å². The van der Waals surface area contributed by atoms with Crippen LogP contribution in [-0.2, 0) is 12.8 Å². The second kappa shape index (κ2) is 7.78. The van der Waals surface area contributed by atoms with E-state index < -0.39 is 14.5 Å². The number of hydrogen-bond donors (Lipinski definition) is 0. The lowest BCUT2D eigenvalue weighted by atomic mass is 10.1. The zero-order valence-corrected chi connectivity index (χ0v) is 18.4. The summed E-state index contributed by atoms with van der Waals surface area (Å²) in [5.74, 6) is 0. The molecule has 0 aliphatic heterocycles. The molecule has 0 N–H and O–H groups in total. The fourth-order valence-corrected chi connectivity index (χ4v) is 8.20. The molecule has 0 nitrogen and oxygen atoms in total. The summed E-state index contributed by atoms with van der Waals surface area (Å²) in [6, 6.07) is 30.7. The Hall–Kier alpha value is -1.42. The Bertz CT molecular complexity index is 1090. The molecule has 0 bridgehead atoms. The van der Waals surface area contributed by atoms with Crippen molar-refractivity contribution in [3.63, 3.8) is 0 Å². The molecule has 0 saturated heterocycles. The molecule has 0 fully saturated rings. The van der Waals surface area contributed by atoms with E-state index in [1.807, 2.05) is 0 Å². The Morgan fingerprint density at radius 2 is 1.04 bits per heavy atom. The van der Waals surface area contributed by atoms with Crippen molar-refractivity contribution < 1.29 is 0 Å². The average Bonchev–Trinajstić information content (AvgIpc) is 3.16. The Kier molecular flexibility index (Phi) is 5.17. The molecule has 1 aliphatic carbocycles. The highest BCUT2D eigenvalue weighted by Crippen LogP contribution is 2.49. The minimum absolute atomic E-state index is 0.691. The first kappa shape index (κ1) is 18.6. The summed E-state index contributed by atoms with van der Waals surface area (Å²) in [7, 11) is -0.691. The standard InChI is InChI=1S/C24H18Cl2P2/c25-28(26)22-16-14-18-12-11-17-13-15-21(24(22)23(17)18)27(19-7-3-1-4-8-19)20-9-5-2-6-10-20/h1-10,13-16H,11-12H2. The van der Waals surface area contributed by atoms with Gasteiger partial charge in [-0.15, -0.1) is 0 Å². The lowest BCUT2D eigenvalue weighted by Gasteiger charge is -2.23. The van der Waals surface area contributed by atoms with Gasteiger partial charge in [-0.05, 0) is 53.2 Å². The average molecular weight is 439 g/mol. The van der Waals surface area contributed by atoms with Crippen molar-refractivity contribution in [1.82, 2.24) is 0 Å². The molecular formula is C24H18Cl2P2. The fourth-order valence-electron chi connectivity index (χ4n) is 4.20. The zero-order valence-electron chi connectivity index (χ0n) is 15.1. The van der Waals surface area contributed by atoms with Gasteiger partial charge >= 0.3 is 0 Å². The van der Waals surface area contributed by atoms with Crippen molar-refractivity contribution in [2.24, 2.45) is 0 Å². The first-order valence-electron chi connectivity index (χ1n) is 9.33. The highest BCUT2D eigenvalue weighted by molar-refractivity contribution is 8.09. The molecule has 5 rings (SSSR count). The molecule has 28 heavy (non-hydrogen) atoms. The van der Waals surface area contributed by atoms with Crippen LogP contribution >= 0.6 is 37.0 Å². The van der Waals surface area contributed by atoms with E-state index in [0.29, 0.717) is 0 Å². The van der Waals surface area contributed by atoms with Crippen LogP contribution in [0.5, 0.6) is 0 Å². The maximum Gasteiger partial charge on any atom is 0.117 e. The maximum atomic E-state index is 6.51. The van der Waals surface area contributed by atoms with E-state index in [1.165, 1.54) is 37.8 Å². The Morgan fingerprint density at radius 3 is 1.54 bits per heavy atom. The van der Waals surface area contributed by atoms with E-state index in [-0.39, 0.29) is 0 Å². The number of hydrogen-bond acceptors (Lipinski definition) is 0. The molecule has 4 aromatic rings. The van der Waals surface area contributed by atoms with E-state index in [4.69, 9.17) is 22.5 Å². The van der Waals surface area contributed by atoms with Gasteiger partial charge in [0.15, 0.2) is 0 Å². The molecule has 4 aromatic carbocycles. The predicted octanol–water partition coefficient (Wildman–Crippen LogP) is 6.11. The maximum absolute atomic E-state index is 6.51. The van der Waals surface area contributed by atoms with E-state index in [2.05, 4.69) is 84.9 Å². The van der Waals surface area contributed by atoms with Gasteiger partial charge in [0.25, 0.3) is 0 Å². The molecule has 138 valence electrons. The molecular weight excluding hydrogens is 421 g/mol. The van der Waals surface area contributed by atoms with Crippen LogP contribution in [0.2, 0.25) is 0 Å². The first-order valence-corrected chi connectivity index (χ1v) is 13.8. The third-order valence-electron chi connectivity index (χ3n) is 5.40. The number of aryl methyl sites for hydroxylation is 2. The minimum Gasteiger partial charge on any atom is -0.0727 e. The van der Waals surface area contributed by atoms with Crippen molar-refractivity contribution in [2.45, 2.75) is 12.8 Å². The fraction of sp³-hybridized carbons (Fsp3) is 0.0833. The van der Waals surface area contributed by atoms with Gasteiger partial charge in [0.05, 0.1) is 0 Å². The minimum atomic E-state index is -1.22. The summed E-state index contributed by atoms with van der Waals surface area (Å²) in [5.41, 5.74) is 2.86. The lowest BCUT2D eigenvalue weighted by molar-refractivity contribution is 1.02. The predicted molar refractivity (Wildman–Crippen MR) is 128 cm³/mol. The van der Waals surface area contributed by atoms with Gasteiger partial charge < -0.3 is 0 Å². The first-order chi connectivity index (χ1) is 13.7. The Labute approximate surface area is 177 Å². The van der Waals surface area contributed by atoms with Crippen LogP contribution in [-0.4, -0.2) is 0 Å². The van der Waals surface area contributed by atoms with E-state index in [9.17, 15) is 0 Å². The van der Waals surface area contributed by atoms with Gasteiger partial charge in [-0.3, -0.25) is 0 Å². The summed E-state index contributed by atoms with van der Waals surface area (Å²) >= 11 is 13.0. The van der Waals surface area contributed by atoms with Gasteiger partial charge in [-0.2, -0.15) is 0 Å². The summed E-state index contributed by atoms with van der Waals surface area (Å²) in [6.45, 7) is -1.22. The SMILES string of the molecule is ClP(Cl)c1ccc2c3c(ccc(P(c4ccccc4)c4ccccc4)c13)CC2. The number of benzene rings is 4. The Morgan fingerprint density at radius 1 is 0.536 bits per heavy atom. The van der Waals surface area contributed by atoms with Crippen molar-refractivity contribution in [3.8, 4) is 0 Å². The summed E-state index contributed by atoms with van der Waals surface area (Å²) in [6.07, 6.45) is 2.21. The van der Waals surface area contributed by atoms with Gasteiger partial charge in [0, 0.05) is 10.7 Å². The van der Waals surface area contributed by atoms with Crippen LogP contribution in [0, 0.1) is 0 Å². The van der Waals surface area contributed by atoms with Gasteiger partial charge in [0.2, 0.25) is 0 Å². The van der Waals surface area contributed by atoms with Crippen LogP contribution in [0.3, 0.4) is 0 Å². The molecule has 0 spiro atoms. The Balaban J connectivity index is 1.86. The van der Waals surface area contributed by atoms with Crippen molar-refractivity contribution >= 4 is 69.0 Å². The molecule has 0 aromatic heterocycles. The van der Waals surface area contributed by atoms with Gasteiger partial charge in [0.1, 0.15) is 6.63 Å². The van der Waals surface area contributed by atoms with Crippen LogP contribution in [0.25, 0.3) is 10.8 Å². The molecule has 0 unspecified atom stereocenters. The monoisotopic (exact) mass is 438 g/mol. The number of rotatable bonds is 4. The van der Waals surface area contributed by atoms with E-state index in [1.54, 1.807) is 0 Å². The second-order valence-electron chi connectivity index (χ2n) is 6.98. The summed E-state index contributed by atoms with van der Waals surface area (Å²) in [4.78, 5) is 0. The highest BCUT2D eigenvalue weighted by Gasteiger charge is 2.26. The molecule has 1 aliphatic rings. The third-order valence-corrected chi connectivity index (χ3v) is 9.72. The van der Waals surface area contributed by atoms with Crippen LogP contribution in [0.15, 0.2) is 84.9 Å². The molecule has 0 amide bonds. The summed E-state index contributed by atoms with van der Waals surface area (Å²) < 4.78 is 0. The second-order valence-corrected chi connectivity index (χ2v) is 12.7. The molecule has 0 radical (unpaired) electrons. The number of halogens is 2. The van der Waals surface area contributed by atoms with Crippen molar-refractivity contribution in [2.75, 3.05) is 0 Å². The third kappa shape index (κ3) is 3.18. The molecule has 0 heterocycles. The normalized spacial score (nSPS) is 13.0. The molecule has 0 saturated carbocycles. The van der Waals surface area contributed by atoms with Crippen LogP contribution in [0.1, 0.15) is 11.1 Å². The highest BCUT2D eigenvalue weighted by atomic mass is 35.9. The van der Waals surface area contributed by atoms with Gasteiger partial charge in [-0.1, -0.05) is 107 Å². The van der Waals surface area contributed by atoms with Crippen LogP contribution in [0.4, 0.5) is 0 Å². The zero-order chi connectivity index (χ0) is 19.1. The van der Waals surface area contributed by atoms with Crippen LogP contribution < -0.4 is 21.2 Å².